The van der Waals surface area contributed by atoms with Crippen LogP contribution in [0, 0.1) is 11.3 Å². The van der Waals surface area contributed by atoms with Crippen LogP contribution in [-0.4, -0.2) is 27.3 Å². The normalized spacial score (nSPS) is 9.84. The number of nitriles is 1. The van der Waals surface area contributed by atoms with Gasteiger partial charge in [-0.25, -0.2) is 0 Å². The number of hydrogen-bond acceptors (Lipinski definition) is 6. The van der Waals surface area contributed by atoms with Gasteiger partial charge in [0, 0.05) is 0 Å². The summed E-state index contributed by atoms with van der Waals surface area (Å²) in [7, 11) is 4.55. The van der Waals surface area contributed by atoms with E-state index >= 15 is 0 Å². The Morgan fingerprint density at radius 3 is 2.24 bits per heavy atom. The molecule has 0 heterocycles. The zero-order valence-electron chi connectivity index (χ0n) is 14.4. The smallest absolute Gasteiger partial charge is 0.310 e. The highest BCUT2D eigenvalue weighted by Crippen LogP contribution is 2.38. The molecule has 0 saturated carbocycles. The molecule has 0 aromatic heterocycles. The highest BCUT2D eigenvalue weighted by Gasteiger charge is 2.15. The number of carbonyl (C=O) groups excluding carboxylic acids is 1. The van der Waals surface area contributed by atoms with Crippen molar-refractivity contribution in [3.8, 4) is 23.3 Å². The molecule has 2 aromatic carbocycles. The lowest BCUT2D eigenvalue weighted by atomic mass is 10.1. The second-order valence-corrected chi connectivity index (χ2v) is 5.18. The summed E-state index contributed by atoms with van der Waals surface area (Å²) in [6, 6.07) is 12.4. The maximum Gasteiger partial charge on any atom is 0.310 e. The van der Waals surface area contributed by atoms with Crippen LogP contribution in [0.2, 0.25) is 0 Å². The largest absolute Gasteiger partial charge is 0.493 e. The minimum Gasteiger partial charge on any atom is -0.493 e. The molecule has 0 aliphatic carbocycles. The summed E-state index contributed by atoms with van der Waals surface area (Å²) in [6.07, 6.45) is 0.0641. The van der Waals surface area contributed by atoms with Crippen molar-refractivity contribution in [1.29, 1.82) is 5.26 Å². The molecular formula is C19H19NO5. The van der Waals surface area contributed by atoms with Gasteiger partial charge in [-0.1, -0.05) is 12.1 Å². The summed E-state index contributed by atoms with van der Waals surface area (Å²) in [6.45, 7) is 0.110. The summed E-state index contributed by atoms with van der Waals surface area (Å²) in [5.74, 6) is 1.03. The van der Waals surface area contributed by atoms with E-state index in [0.29, 0.717) is 28.4 Å². The molecule has 0 fully saturated rings. The Morgan fingerprint density at radius 1 is 1.00 bits per heavy atom. The lowest BCUT2D eigenvalue weighted by molar-refractivity contribution is -0.144. The number of ether oxygens (including phenoxy) is 4. The zero-order valence-corrected chi connectivity index (χ0v) is 14.4. The molecular weight excluding hydrogens is 322 g/mol. The number of rotatable bonds is 7. The van der Waals surface area contributed by atoms with Gasteiger partial charge in [-0.2, -0.15) is 5.26 Å². The maximum absolute atomic E-state index is 12.1. The molecule has 0 radical (unpaired) electrons. The van der Waals surface area contributed by atoms with E-state index in [1.54, 1.807) is 36.4 Å². The van der Waals surface area contributed by atoms with Crippen molar-refractivity contribution in [1.82, 2.24) is 0 Å². The fraction of sp³-hybridized carbons (Fsp3) is 0.263. The first-order chi connectivity index (χ1) is 12.1. The third kappa shape index (κ3) is 4.64. The molecule has 6 heteroatoms. The Labute approximate surface area is 146 Å². The Morgan fingerprint density at radius 2 is 1.68 bits per heavy atom. The summed E-state index contributed by atoms with van der Waals surface area (Å²) in [5.41, 5.74) is 1.97. The van der Waals surface area contributed by atoms with Crippen LogP contribution in [0.1, 0.15) is 16.7 Å². The quantitative estimate of drug-likeness (QED) is 0.721. The minimum atomic E-state index is -0.392. The molecule has 0 aliphatic heterocycles. The average Bonchev–Trinajstić information content (AvgIpc) is 2.65. The van der Waals surface area contributed by atoms with Gasteiger partial charge >= 0.3 is 5.97 Å². The van der Waals surface area contributed by atoms with Crippen molar-refractivity contribution in [3.63, 3.8) is 0 Å². The van der Waals surface area contributed by atoms with Crippen molar-refractivity contribution in [3.05, 3.63) is 53.1 Å². The van der Waals surface area contributed by atoms with Crippen LogP contribution in [0.3, 0.4) is 0 Å². The fourth-order valence-electron chi connectivity index (χ4n) is 2.35. The van der Waals surface area contributed by atoms with Crippen LogP contribution in [0.25, 0.3) is 0 Å². The van der Waals surface area contributed by atoms with E-state index in [9.17, 15) is 4.79 Å². The first-order valence-corrected chi connectivity index (χ1v) is 7.54. The lowest BCUT2D eigenvalue weighted by Gasteiger charge is -2.14. The molecule has 6 nitrogen and oxygen atoms in total. The van der Waals surface area contributed by atoms with Crippen molar-refractivity contribution in [2.24, 2.45) is 0 Å². The Bertz CT molecular complexity index is 770. The van der Waals surface area contributed by atoms with E-state index in [1.165, 1.54) is 21.3 Å². The van der Waals surface area contributed by atoms with Gasteiger partial charge in [-0.3, -0.25) is 4.79 Å². The van der Waals surface area contributed by atoms with Gasteiger partial charge in [-0.05, 0) is 35.4 Å². The predicted molar refractivity (Wildman–Crippen MR) is 90.8 cm³/mol. The van der Waals surface area contributed by atoms with E-state index in [1.807, 2.05) is 0 Å². The third-order valence-electron chi connectivity index (χ3n) is 3.53. The molecule has 0 spiro atoms. The van der Waals surface area contributed by atoms with Crippen LogP contribution >= 0.6 is 0 Å². The summed E-state index contributed by atoms with van der Waals surface area (Å²) in [5, 5.41) is 8.88. The number of esters is 1. The molecule has 0 saturated heterocycles. The van der Waals surface area contributed by atoms with Crippen LogP contribution in [0.4, 0.5) is 0 Å². The standard InChI is InChI=1S/C19H19NO5/c1-22-16-8-15(9-17(23-2)19(16)24-3)10-18(21)25-12-14-6-4-5-13(7-14)11-20/h4-9H,10,12H2,1-3H3. The van der Waals surface area contributed by atoms with Crippen molar-refractivity contribution >= 4 is 5.97 Å². The van der Waals surface area contributed by atoms with E-state index in [0.717, 1.165) is 5.56 Å². The molecule has 0 N–H and O–H groups in total. The van der Waals surface area contributed by atoms with Gasteiger partial charge in [0.05, 0.1) is 39.4 Å². The monoisotopic (exact) mass is 341 g/mol. The molecule has 2 aromatic rings. The molecule has 0 unspecified atom stereocenters. The molecule has 25 heavy (non-hydrogen) atoms. The Balaban J connectivity index is 2.06. The predicted octanol–water partition coefficient (Wildman–Crippen LogP) is 2.87. The summed E-state index contributed by atoms with van der Waals surface area (Å²) >= 11 is 0. The number of hydrogen-bond donors (Lipinski definition) is 0. The van der Waals surface area contributed by atoms with Gasteiger partial charge < -0.3 is 18.9 Å². The highest BCUT2D eigenvalue weighted by atomic mass is 16.5. The molecule has 130 valence electrons. The SMILES string of the molecule is COc1cc(CC(=O)OCc2cccc(C#N)c2)cc(OC)c1OC. The number of benzene rings is 2. The van der Waals surface area contributed by atoms with E-state index in [-0.39, 0.29) is 13.0 Å². The maximum atomic E-state index is 12.1. The molecule has 0 bridgehead atoms. The van der Waals surface area contributed by atoms with Gasteiger partial charge in [0.1, 0.15) is 6.61 Å². The van der Waals surface area contributed by atoms with Crippen LogP contribution in [0.5, 0.6) is 17.2 Å². The molecule has 0 amide bonds. The zero-order chi connectivity index (χ0) is 18.2. The molecule has 2 rings (SSSR count). The summed E-state index contributed by atoms with van der Waals surface area (Å²) in [4.78, 5) is 12.1. The number of methoxy groups -OCH3 is 3. The number of carbonyl (C=O) groups is 1. The van der Waals surface area contributed by atoms with Crippen molar-refractivity contribution in [2.75, 3.05) is 21.3 Å². The Kier molecular flexibility index (Phi) is 6.24. The van der Waals surface area contributed by atoms with Gasteiger partial charge in [0.2, 0.25) is 5.75 Å². The van der Waals surface area contributed by atoms with Crippen LogP contribution in [0.15, 0.2) is 36.4 Å². The average molecular weight is 341 g/mol. The molecule has 0 aliphatic rings. The van der Waals surface area contributed by atoms with Crippen molar-refractivity contribution < 1.29 is 23.7 Å². The summed E-state index contributed by atoms with van der Waals surface area (Å²) < 4.78 is 21.1. The van der Waals surface area contributed by atoms with E-state index in [2.05, 4.69) is 6.07 Å². The fourth-order valence-corrected chi connectivity index (χ4v) is 2.35. The molecule has 0 atom stereocenters. The number of nitrogens with zero attached hydrogens (tertiary/aromatic N) is 1. The third-order valence-corrected chi connectivity index (χ3v) is 3.53. The van der Waals surface area contributed by atoms with Gasteiger partial charge in [0.25, 0.3) is 0 Å². The highest BCUT2D eigenvalue weighted by molar-refractivity contribution is 5.73. The minimum absolute atomic E-state index is 0.0641. The van der Waals surface area contributed by atoms with E-state index in [4.69, 9.17) is 24.2 Å². The first-order valence-electron chi connectivity index (χ1n) is 7.54. The van der Waals surface area contributed by atoms with E-state index < -0.39 is 5.97 Å². The van der Waals surface area contributed by atoms with Crippen LogP contribution < -0.4 is 14.2 Å². The second-order valence-electron chi connectivity index (χ2n) is 5.18. The topological polar surface area (TPSA) is 77.8 Å². The first kappa shape index (κ1) is 18.1. The van der Waals surface area contributed by atoms with Crippen molar-refractivity contribution in [2.45, 2.75) is 13.0 Å². The van der Waals surface area contributed by atoms with Gasteiger partial charge in [0.15, 0.2) is 11.5 Å². The van der Waals surface area contributed by atoms with Crippen LogP contribution in [-0.2, 0) is 22.6 Å². The van der Waals surface area contributed by atoms with Gasteiger partial charge in [-0.15, -0.1) is 0 Å². The Hall–Kier alpha value is -3.20. The lowest BCUT2D eigenvalue weighted by Crippen LogP contribution is -2.08. The second kappa shape index (κ2) is 8.60.